The molecule has 2 heterocycles. The van der Waals surface area contributed by atoms with Crippen molar-refractivity contribution in [1.82, 2.24) is 15.1 Å². The minimum absolute atomic E-state index is 0.0411. The van der Waals surface area contributed by atoms with Crippen molar-refractivity contribution in [2.24, 2.45) is 0 Å². The number of hydrogen-bond donors (Lipinski definition) is 1. The van der Waals surface area contributed by atoms with Gasteiger partial charge in [-0.2, -0.15) is 0 Å². The fourth-order valence-corrected chi connectivity index (χ4v) is 2.53. The minimum atomic E-state index is -0.132. The zero-order chi connectivity index (χ0) is 17.2. The summed E-state index contributed by atoms with van der Waals surface area (Å²) in [6.07, 6.45) is 0. The topological polar surface area (TPSA) is 73.1 Å². The fourth-order valence-electron chi connectivity index (χ4n) is 2.53. The van der Waals surface area contributed by atoms with Crippen LogP contribution in [0.5, 0.6) is 0 Å². The first-order chi connectivity index (χ1) is 10.7. The molecule has 23 heavy (non-hydrogen) atoms. The number of nitrogens with zero attached hydrogens (tertiary/aromatic N) is 3. The molecular weight excluding hydrogens is 292 g/mol. The number of aryl methyl sites for hydroxylation is 2. The van der Waals surface area contributed by atoms with Crippen molar-refractivity contribution in [3.05, 3.63) is 34.6 Å². The summed E-state index contributed by atoms with van der Waals surface area (Å²) in [7, 11) is 1.67. The summed E-state index contributed by atoms with van der Waals surface area (Å²) in [4.78, 5) is 9.26. The molecule has 1 atom stereocenters. The van der Waals surface area contributed by atoms with Gasteiger partial charge in [0.1, 0.15) is 17.4 Å². The van der Waals surface area contributed by atoms with E-state index in [1.54, 1.807) is 7.11 Å². The SMILES string of the molecule is COCc1cc(NC(C)c2c(C)noc2C)nc(C(C)(C)C)n1. The summed E-state index contributed by atoms with van der Waals surface area (Å²) < 4.78 is 10.5. The van der Waals surface area contributed by atoms with Crippen molar-refractivity contribution < 1.29 is 9.26 Å². The van der Waals surface area contributed by atoms with Gasteiger partial charge in [0.05, 0.1) is 24.0 Å². The van der Waals surface area contributed by atoms with E-state index in [-0.39, 0.29) is 11.5 Å². The number of nitrogens with one attached hydrogen (secondary N) is 1. The van der Waals surface area contributed by atoms with Crippen LogP contribution in [0.25, 0.3) is 0 Å². The molecule has 0 saturated heterocycles. The Morgan fingerprint density at radius 3 is 2.48 bits per heavy atom. The van der Waals surface area contributed by atoms with E-state index in [1.807, 2.05) is 19.9 Å². The lowest BCUT2D eigenvalue weighted by molar-refractivity contribution is 0.181. The molecule has 0 spiro atoms. The first-order valence-electron chi connectivity index (χ1n) is 7.79. The lowest BCUT2D eigenvalue weighted by Gasteiger charge is -2.20. The Kier molecular flexibility index (Phi) is 5.04. The van der Waals surface area contributed by atoms with Crippen LogP contribution in [0.1, 0.15) is 62.3 Å². The average molecular weight is 318 g/mol. The molecule has 0 fully saturated rings. The van der Waals surface area contributed by atoms with E-state index in [4.69, 9.17) is 9.26 Å². The molecule has 0 radical (unpaired) electrons. The number of rotatable bonds is 5. The summed E-state index contributed by atoms with van der Waals surface area (Å²) in [5.74, 6) is 2.40. The normalized spacial score (nSPS) is 13.2. The van der Waals surface area contributed by atoms with E-state index >= 15 is 0 Å². The van der Waals surface area contributed by atoms with Gasteiger partial charge in [-0.05, 0) is 20.8 Å². The molecule has 1 N–H and O–H groups in total. The highest BCUT2D eigenvalue weighted by molar-refractivity contribution is 5.41. The van der Waals surface area contributed by atoms with Crippen LogP contribution < -0.4 is 5.32 Å². The highest BCUT2D eigenvalue weighted by atomic mass is 16.5. The molecule has 1 unspecified atom stereocenters. The van der Waals surface area contributed by atoms with Gasteiger partial charge in [0.15, 0.2) is 0 Å². The number of aromatic nitrogens is 3. The lowest BCUT2D eigenvalue weighted by atomic mass is 9.95. The maximum atomic E-state index is 5.25. The van der Waals surface area contributed by atoms with Gasteiger partial charge in [-0.25, -0.2) is 9.97 Å². The summed E-state index contributed by atoms with van der Waals surface area (Å²) in [5, 5.41) is 7.45. The van der Waals surface area contributed by atoms with E-state index in [9.17, 15) is 0 Å². The van der Waals surface area contributed by atoms with Crippen molar-refractivity contribution in [1.29, 1.82) is 0 Å². The van der Waals surface area contributed by atoms with Crippen molar-refractivity contribution in [3.63, 3.8) is 0 Å². The Balaban J connectivity index is 2.33. The molecule has 0 aliphatic carbocycles. The summed E-state index contributed by atoms with van der Waals surface area (Å²) in [6.45, 7) is 12.7. The summed E-state index contributed by atoms with van der Waals surface area (Å²) >= 11 is 0. The van der Waals surface area contributed by atoms with E-state index in [0.717, 1.165) is 34.4 Å². The molecule has 6 nitrogen and oxygen atoms in total. The van der Waals surface area contributed by atoms with Crippen LogP contribution >= 0.6 is 0 Å². The lowest BCUT2D eigenvalue weighted by Crippen LogP contribution is -2.19. The number of anilines is 1. The molecule has 0 aromatic carbocycles. The second-order valence-electron chi connectivity index (χ2n) is 6.86. The molecule has 126 valence electrons. The summed E-state index contributed by atoms with van der Waals surface area (Å²) in [6, 6.07) is 1.97. The fraction of sp³-hybridized carbons (Fsp3) is 0.588. The highest BCUT2D eigenvalue weighted by Gasteiger charge is 2.21. The van der Waals surface area contributed by atoms with E-state index in [0.29, 0.717) is 6.61 Å². The molecule has 2 aromatic heterocycles. The van der Waals surface area contributed by atoms with Crippen LogP contribution in [-0.2, 0) is 16.8 Å². The Morgan fingerprint density at radius 1 is 1.26 bits per heavy atom. The molecule has 0 aliphatic heterocycles. The molecule has 6 heteroatoms. The number of hydrogen-bond acceptors (Lipinski definition) is 6. The minimum Gasteiger partial charge on any atom is -0.378 e. The first-order valence-corrected chi connectivity index (χ1v) is 7.79. The van der Waals surface area contributed by atoms with Crippen molar-refractivity contribution in [3.8, 4) is 0 Å². The highest BCUT2D eigenvalue weighted by Crippen LogP contribution is 2.26. The zero-order valence-electron chi connectivity index (χ0n) is 15.0. The summed E-state index contributed by atoms with van der Waals surface area (Å²) in [5.41, 5.74) is 2.69. The third-order valence-electron chi connectivity index (χ3n) is 3.63. The van der Waals surface area contributed by atoms with Gasteiger partial charge in [-0.3, -0.25) is 0 Å². The molecule has 0 aliphatic rings. The van der Waals surface area contributed by atoms with Crippen molar-refractivity contribution in [2.75, 3.05) is 12.4 Å². The molecule has 0 saturated carbocycles. The standard InChI is InChI=1S/C17H26N4O2/c1-10(15-11(2)21-23-12(15)3)18-14-8-13(9-22-7)19-16(20-14)17(4,5)6/h8,10H,9H2,1-7H3,(H,18,19,20). The third kappa shape index (κ3) is 4.07. The number of ether oxygens (including phenoxy) is 1. The van der Waals surface area contributed by atoms with Gasteiger partial charge in [0, 0.05) is 24.2 Å². The molecule has 2 rings (SSSR count). The largest absolute Gasteiger partial charge is 0.378 e. The van der Waals surface area contributed by atoms with Crippen LogP contribution in [-0.4, -0.2) is 22.2 Å². The van der Waals surface area contributed by atoms with Crippen molar-refractivity contribution >= 4 is 5.82 Å². The monoisotopic (exact) mass is 318 g/mol. The third-order valence-corrected chi connectivity index (χ3v) is 3.63. The van der Waals surface area contributed by atoms with Gasteiger partial charge in [0.25, 0.3) is 0 Å². The van der Waals surface area contributed by atoms with Crippen LogP contribution in [0.2, 0.25) is 0 Å². The van der Waals surface area contributed by atoms with Gasteiger partial charge >= 0.3 is 0 Å². The Labute approximate surface area is 137 Å². The van der Waals surface area contributed by atoms with E-state index < -0.39 is 0 Å². The van der Waals surface area contributed by atoms with Crippen LogP contribution in [0.15, 0.2) is 10.6 Å². The van der Waals surface area contributed by atoms with Gasteiger partial charge < -0.3 is 14.6 Å². The van der Waals surface area contributed by atoms with Crippen LogP contribution in [0, 0.1) is 13.8 Å². The maximum absolute atomic E-state index is 5.25. The van der Waals surface area contributed by atoms with Crippen LogP contribution in [0.4, 0.5) is 5.82 Å². The van der Waals surface area contributed by atoms with Crippen molar-refractivity contribution in [2.45, 2.75) is 59.6 Å². The van der Waals surface area contributed by atoms with E-state index in [2.05, 4.69) is 48.1 Å². The molecule has 0 bridgehead atoms. The second kappa shape index (κ2) is 6.66. The Hall–Kier alpha value is -1.95. The smallest absolute Gasteiger partial charge is 0.139 e. The Bertz CT molecular complexity index is 654. The molecule has 2 aromatic rings. The van der Waals surface area contributed by atoms with E-state index in [1.165, 1.54) is 0 Å². The Morgan fingerprint density at radius 2 is 1.96 bits per heavy atom. The predicted octanol–water partition coefficient (Wildman–Crippen LogP) is 3.70. The predicted molar refractivity (Wildman–Crippen MR) is 89.5 cm³/mol. The zero-order valence-corrected chi connectivity index (χ0v) is 15.0. The second-order valence-corrected chi connectivity index (χ2v) is 6.86. The quantitative estimate of drug-likeness (QED) is 0.906. The molecule has 0 amide bonds. The number of methoxy groups -OCH3 is 1. The van der Waals surface area contributed by atoms with Gasteiger partial charge in [-0.1, -0.05) is 25.9 Å². The molecular formula is C17H26N4O2. The first kappa shape index (κ1) is 17.4. The maximum Gasteiger partial charge on any atom is 0.139 e. The van der Waals surface area contributed by atoms with Gasteiger partial charge in [-0.15, -0.1) is 0 Å². The van der Waals surface area contributed by atoms with Gasteiger partial charge in [0.2, 0.25) is 0 Å². The average Bonchev–Trinajstić information content (AvgIpc) is 2.77. The van der Waals surface area contributed by atoms with Crippen LogP contribution in [0.3, 0.4) is 0 Å².